The molecule has 1 N–H and O–H groups in total. The van der Waals surface area contributed by atoms with Crippen LogP contribution in [0.15, 0.2) is 85.1 Å². The Morgan fingerprint density at radius 2 is 1.54 bits per heavy atom. The number of nitrogens with zero attached hydrogens (tertiary/aromatic N) is 1. The minimum absolute atomic E-state index is 0.141. The summed E-state index contributed by atoms with van der Waals surface area (Å²) >= 11 is 0. The quantitative estimate of drug-likeness (QED) is 0.301. The van der Waals surface area contributed by atoms with Crippen LogP contribution >= 0.6 is 0 Å². The first-order valence-corrected chi connectivity index (χ1v) is 11.2. The van der Waals surface area contributed by atoms with Gasteiger partial charge in [-0.25, -0.2) is 0 Å². The molecule has 1 heterocycles. The van der Waals surface area contributed by atoms with Crippen molar-refractivity contribution < 1.29 is 19.0 Å². The molecule has 0 fully saturated rings. The van der Waals surface area contributed by atoms with Gasteiger partial charge in [-0.1, -0.05) is 30.3 Å². The van der Waals surface area contributed by atoms with E-state index in [1.807, 2.05) is 73.7 Å². The number of carbonyl (C=O) groups excluding carboxylic acids is 1. The second-order valence-electron chi connectivity index (χ2n) is 8.08. The number of fused-ring (bicyclic) bond motifs is 2. The van der Waals surface area contributed by atoms with E-state index in [1.54, 1.807) is 32.5 Å². The molecule has 5 rings (SSSR count). The number of rotatable bonds is 6. The number of carbonyl (C=O) groups is 1. The van der Waals surface area contributed by atoms with Gasteiger partial charge in [-0.05, 0) is 65.7 Å². The Morgan fingerprint density at radius 1 is 0.771 bits per heavy atom. The number of anilines is 1. The lowest BCUT2D eigenvalue weighted by Gasteiger charge is -2.15. The predicted molar refractivity (Wildman–Crippen MR) is 138 cm³/mol. The number of hydrogen-bond donors (Lipinski definition) is 1. The maximum absolute atomic E-state index is 12.5. The number of amides is 1. The lowest BCUT2D eigenvalue weighted by molar-refractivity contribution is 0.102. The third-order valence-electron chi connectivity index (χ3n) is 5.96. The Balaban J connectivity index is 1.46. The smallest absolute Gasteiger partial charge is 0.255 e. The van der Waals surface area contributed by atoms with Crippen molar-refractivity contribution in [3.63, 3.8) is 0 Å². The average molecular weight is 465 g/mol. The van der Waals surface area contributed by atoms with Crippen molar-refractivity contribution in [1.29, 1.82) is 0 Å². The molecule has 1 amide bonds. The SMILES string of the molecule is COc1cc2nccc(Oc3ccc4cc(NC(=O)c5ccccc5)ccc4c3C)c2cc1OC. The summed E-state index contributed by atoms with van der Waals surface area (Å²) in [6.07, 6.45) is 1.71. The van der Waals surface area contributed by atoms with E-state index in [2.05, 4.69) is 10.3 Å². The molecule has 0 aliphatic heterocycles. The van der Waals surface area contributed by atoms with Crippen LogP contribution in [-0.2, 0) is 0 Å². The number of ether oxygens (including phenoxy) is 3. The summed E-state index contributed by atoms with van der Waals surface area (Å²) in [5, 5.41) is 5.83. The molecular formula is C29H24N2O4. The predicted octanol–water partition coefficient (Wildman–Crippen LogP) is 6.76. The van der Waals surface area contributed by atoms with Crippen LogP contribution in [0.5, 0.6) is 23.0 Å². The van der Waals surface area contributed by atoms with E-state index in [1.165, 1.54) is 0 Å². The molecule has 0 saturated heterocycles. The van der Waals surface area contributed by atoms with Gasteiger partial charge >= 0.3 is 0 Å². The molecule has 35 heavy (non-hydrogen) atoms. The molecule has 1 aromatic heterocycles. The van der Waals surface area contributed by atoms with Gasteiger partial charge in [0.1, 0.15) is 11.5 Å². The largest absolute Gasteiger partial charge is 0.493 e. The van der Waals surface area contributed by atoms with Crippen LogP contribution in [0.1, 0.15) is 15.9 Å². The molecule has 6 heteroatoms. The van der Waals surface area contributed by atoms with E-state index in [4.69, 9.17) is 14.2 Å². The van der Waals surface area contributed by atoms with E-state index in [-0.39, 0.29) is 5.91 Å². The lowest BCUT2D eigenvalue weighted by Crippen LogP contribution is -2.11. The topological polar surface area (TPSA) is 69.7 Å². The Labute approximate surface area is 203 Å². The molecule has 174 valence electrons. The molecule has 0 aliphatic carbocycles. The summed E-state index contributed by atoms with van der Waals surface area (Å²) < 4.78 is 17.2. The highest BCUT2D eigenvalue weighted by molar-refractivity contribution is 6.05. The third-order valence-corrected chi connectivity index (χ3v) is 5.96. The number of nitrogens with one attached hydrogen (secondary N) is 1. The summed E-state index contributed by atoms with van der Waals surface area (Å²) in [7, 11) is 3.20. The van der Waals surface area contributed by atoms with Gasteiger partial charge in [-0.2, -0.15) is 0 Å². The molecule has 0 aliphatic rings. The Bertz CT molecular complexity index is 1550. The standard InChI is InChI=1S/C29H24N2O4/c1-18-22-11-10-21(31-29(32)19-7-5-4-6-8-19)15-20(22)9-12-25(18)35-26-13-14-30-24-17-28(34-3)27(33-2)16-23(24)26/h4-17H,1-3H3,(H,31,32). The van der Waals surface area contributed by atoms with Crippen LogP contribution in [-0.4, -0.2) is 25.1 Å². The number of aromatic nitrogens is 1. The fourth-order valence-corrected chi connectivity index (χ4v) is 4.10. The molecule has 0 saturated carbocycles. The zero-order chi connectivity index (χ0) is 24.4. The van der Waals surface area contributed by atoms with Gasteiger partial charge in [0.25, 0.3) is 5.91 Å². The van der Waals surface area contributed by atoms with Crippen molar-refractivity contribution in [2.75, 3.05) is 19.5 Å². The average Bonchev–Trinajstić information content (AvgIpc) is 2.90. The van der Waals surface area contributed by atoms with Crippen molar-refractivity contribution in [3.05, 3.63) is 96.2 Å². The fourth-order valence-electron chi connectivity index (χ4n) is 4.10. The Morgan fingerprint density at radius 3 is 2.31 bits per heavy atom. The first kappa shape index (κ1) is 22.2. The molecule has 0 unspecified atom stereocenters. The Kier molecular flexibility index (Phi) is 5.94. The molecular weight excluding hydrogens is 440 g/mol. The maximum atomic E-state index is 12.5. The number of benzene rings is 4. The molecule has 0 spiro atoms. The van der Waals surface area contributed by atoms with Gasteiger partial charge in [0.15, 0.2) is 11.5 Å². The van der Waals surface area contributed by atoms with E-state index in [9.17, 15) is 4.79 Å². The van der Waals surface area contributed by atoms with Crippen molar-refractivity contribution in [2.45, 2.75) is 6.92 Å². The molecule has 0 bridgehead atoms. The summed E-state index contributed by atoms with van der Waals surface area (Å²) in [4.78, 5) is 17.0. The third kappa shape index (κ3) is 4.34. The minimum Gasteiger partial charge on any atom is -0.493 e. The molecule has 0 radical (unpaired) electrons. The highest BCUT2D eigenvalue weighted by Crippen LogP contribution is 2.38. The first-order valence-electron chi connectivity index (χ1n) is 11.2. The second kappa shape index (κ2) is 9.35. The van der Waals surface area contributed by atoms with Gasteiger partial charge in [-0.3, -0.25) is 9.78 Å². The normalized spacial score (nSPS) is 10.8. The molecule has 5 aromatic rings. The highest BCUT2D eigenvalue weighted by Gasteiger charge is 2.13. The van der Waals surface area contributed by atoms with Gasteiger partial charge in [0.2, 0.25) is 0 Å². The van der Waals surface area contributed by atoms with Gasteiger partial charge in [0, 0.05) is 28.9 Å². The van der Waals surface area contributed by atoms with Crippen LogP contribution in [0, 0.1) is 6.92 Å². The fraction of sp³-hybridized carbons (Fsp3) is 0.103. The van der Waals surface area contributed by atoms with Crippen molar-refractivity contribution in [2.24, 2.45) is 0 Å². The summed E-state index contributed by atoms with van der Waals surface area (Å²) in [6.45, 7) is 2.02. The van der Waals surface area contributed by atoms with Gasteiger partial charge < -0.3 is 19.5 Å². The number of methoxy groups -OCH3 is 2. The first-order chi connectivity index (χ1) is 17.1. The summed E-state index contributed by atoms with van der Waals surface area (Å²) in [6, 6.07) is 24.5. The molecule has 0 atom stereocenters. The van der Waals surface area contributed by atoms with Crippen molar-refractivity contribution >= 4 is 33.3 Å². The van der Waals surface area contributed by atoms with Gasteiger partial charge in [-0.15, -0.1) is 0 Å². The van der Waals surface area contributed by atoms with Crippen molar-refractivity contribution in [1.82, 2.24) is 4.98 Å². The van der Waals surface area contributed by atoms with Crippen molar-refractivity contribution in [3.8, 4) is 23.0 Å². The highest BCUT2D eigenvalue weighted by atomic mass is 16.5. The van der Waals surface area contributed by atoms with Crippen LogP contribution in [0.3, 0.4) is 0 Å². The van der Waals surface area contributed by atoms with E-state index >= 15 is 0 Å². The number of hydrogen-bond acceptors (Lipinski definition) is 5. The van der Waals surface area contributed by atoms with Crippen LogP contribution in [0.25, 0.3) is 21.7 Å². The summed E-state index contributed by atoms with van der Waals surface area (Å²) in [5.41, 5.74) is 3.10. The minimum atomic E-state index is -0.141. The van der Waals surface area contributed by atoms with E-state index in [0.717, 1.165) is 38.7 Å². The zero-order valence-electron chi connectivity index (χ0n) is 19.7. The van der Waals surface area contributed by atoms with Crippen LogP contribution < -0.4 is 19.5 Å². The van der Waals surface area contributed by atoms with E-state index < -0.39 is 0 Å². The van der Waals surface area contributed by atoms with Crippen LogP contribution in [0.4, 0.5) is 5.69 Å². The zero-order valence-corrected chi connectivity index (χ0v) is 19.7. The molecule has 6 nitrogen and oxygen atoms in total. The van der Waals surface area contributed by atoms with Crippen LogP contribution in [0.2, 0.25) is 0 Å². The maximum Gasteiger partial charge on any atom is 0.255 e. The second-order valence-corrected chi connectivity index (χ2v) is 8.08. The van der Waals surface area contributed by atoms with E-state index in [0.29, 0.717) is 22.8 Å². The number of pyridine rings is 1. The molecule has 4 aromatic carbocycles. The summed E-state index contributed by atoms with van der Waals surface area (Å²) in [5.74, 6) is 2.49. The lowest BCUT2D eigenvalue weighted by atomic mass is 10.0. The monoisotopic (exact) mass is 464 g/mol. The Hall–Kier alpha value is -4.58. The number of aryl methyl sites for hydroxylation is 1. The van der Waals surface area contributed by atoms with Gasteiger partial charge in [0.05, 0.1) is 19.7 Å².